The van der Waals surface area contributed by atoms with Gasteiger partial charge in [-0.25, -0.2) is 0 Å². The lowest BCUT2D eigenvalue weighted by Crippen LogP contribution is -2.28. The summed E-state index contributed by atoms with van der Waals surface area (Å²) in [6, 6.07) is 9.90. The Labute approximate surface area is 118 Å². The van der Waals surface area contributed by atoms with Crippen molar-refractivity contribution >= 4 is 11.7 Å². The summed E-state index contributed by atoms with van der Waals surface area (Å²) in [7, 11) is 1.89. The topological polar surface area (TPSA) is 58.4 Å². The molecule has 1 aromatic carbocycles. The van der Waals surface area contributed by atoms with Crippen LogP contribution in [0.2, 0.25) is 0 Å². The molecule has 0 radical (unpaired) electrons. The van der Waals surface area contributed by atoms with Crippen molar-refractivity contribution < 1.29 is 9.90 Å². The lowest BCUT2D eigenvalue weighted by Gasteiger charge is -2.24. The van der Waals surface area contributed by atoms with E-state index >= 15 is 0 Å². The Bertz CT molecular complexity index is 551. The van der Waals surface area contributed by atoms with Crippen molar-refractivity contribution in [2.24, 2.45) is 7.05 Å². The Morgan fingerprint density at radius 1 is 1.30 bits per heavy atom. The average Bonchev–Trinajstić information content (AvgIpc) is 2.85. The van der Waals surface area contributed by atoms with Crippen molar-refractivity contribution in [3.63, 3.8) is 0 Å². The van der Waals surface area contributed by atoms with E-state index in [0.29, 0.717) is 6.54 Å². The molecule has 20 heavy (non-hydrogen) atoms. The number of carboxylic acids is 1. The Balaban J connectivity index is 2.00. The largest absolute Gasteiger partial charge is 0.481 e. The molecule has 0 aliphatic carbocycles. The molecule has 5 heteroatoms. The number of carbonyl (C=O) groups is 1. The third kappa shape index (κ3) is 4.12. The highest BCUT2D eigenvalue weighted by Gasteiger charge is 2.09. The van der Waals surface area contributed by atoms with E-state index in [0.717, 1.165) is 24.2 Å². The van der Waals surface area contributed by atoms with Gasteiger partial charge in [0, 0.05) is 32.0 Å². The molecule has 1 heterocycles. The van der Waals surface area contributed by atoms with Crippen LogP contribution in [0.15, 0.2) is 42.7 Å². The number of carboxylic acid groups (broad SMARTS) is 1. The minimum atomic E-state index is -0.771. The number of nitrogens with zero attached hydrogens (tertiary/aromatic N) is 3. The number of hydrogen-bond acceptors (Lipinski definition) is 3. The number of para-hydroxylation sites is 1. The molecule has 0 aliphatic rings. The van der Waals surface area contributed by atoms with E-state index in [-0.39, 0.29) is 6.42 Å². The molecule has 0 unspecified atom stereocenters. The second kappa shape index (κ2) is 6.75. The fourth-order valence-corrected chi connectivity index (χ4v) is 2.10. The Hall–Kier alpha value is -2.30. The summed E-state index contributed by atoms with van der Waals surface area (Å²) in [4.78, 5) is 12.9. The van der Waals surface area contributed by atoms with Gasteiger partial charge < -0.3 is 10.0 Å². The van der Waals surface area contributed by atoms with Crippen LogP contribution in [0.4, 0.5) is 5.69 Å². The van der Waals surface area contributed by atoms with Gasteiger partial charge in [-0.15, -0.1) is 0 Å². The van der Waals surface area contributed by atoms with Crippen LogP contribution in [-0.2, 0) is 18.3 Å². The Morgan fingerprint density at radius 2 is 2.05 bits per heavy atom. The highest BCUT2D eigenvalue weighted by Crippen LogP contribution is 2.14. The summed E-state index contributed by atoms with van der Waals surface area (Å²) in [6.07, 6.45) is 4.82. The van der Waals surface area contributed by atoms with E-state index in [1.165, 1.54) is 0 Å². The zero-order valence-corrected chi connectivity index (χ0v) is 11.6. The second-order valence-corrected chi connectivity index (χ2v) is 4.74. The van der Waals surface area contributed by atoms with E-state index in [9.17, 15) is 4.79 Å². The van der Waals surface area contributed by atoms with Crippen LogP contribution < -0.4 is 4.90 Å². The van der Waals surface area contributed by atoms with Gasteiger partial charge in [-0.1, -0.05) is 18.2 Å². The van der Waals surface area contributed by atoms with Crippen LogP contribution >= 0.6 is 0 Å². The maximum atomic E-state index is 10.8. The molecule has 2 aromatic rings. The van der Waals surface area contributed by atoms with Crippen molar-refractivity contribution in [2.75, 3.05) is 18.0 Å². The number of aromatic nitrogens is 2. The molecule has 0 saturated heterocycles. The van der Waals surface area contributed by atoms with Gasteiger partial charge in [0.25, 0.3) is 0 Å². The Kier molecular flexibility index (Phi) is 4.76. The fraction of sp³-hybridized carbons (Fsp3) is 0.333. The maximum absolute atomic E-state index is 10.8. The molecule has 106 valence electrons. The normalized spacial score (nSPS) is 10.4. The minimum absolute atomic E-state index is 0.141. The maximum Gasteiger partial charge on any atom is 0.305 e. The van der Waals surface area contributed by atoms with Gasteiger partial charge in [0.2, 0.25) is 0 Å². The third-order valence-electron chi connectivity index (χ3n) is 3.15. The van der Waals surface area contributed by atoms with Gasteiger partial charge in [-0.2, -0.15) is 5.10 Å². The van der Waals surface area contributed by atoms with Crippen molar-refractivity contribution in [1.29, 1.82) is 0 Å². The van der Waals surface area contributed by atoms with Crippen molar-refractivity contribution in [3.8, 4) is 0 Å². The van der Waals surface area contributed by atoms with Gasteiger partial charge in [-0.3, -0.25) is 9.48 Å². The molecule has 0 saturated carbocycles. The van der Waals surface area contributed by atoms with Crippen molar-refractivity contribution in [1.82, 2.24) is 9.78 Å². The highest BCUT2D eigenvalue weighted by atomic mass is 16.4. The fourth-order valence-electron chi connectivity index (χ4n) is 2.10. The summed E-state index contributed by atoms with van der Waals surface area (Å²) < 4.78 is 1.78. The number of aliphatic carboxylic acids is 1. The van der Waals surface area contributed by atoms with Gasteiger partial charge in [-0.05, 0) is 24.1 Å². The number of aryl methyl sites for hydroxylation is 1. The van der Waals surface area contributed by atoms with Crippen LogP contribution in [0.5, 0.6) is 0 Å². The predicted octanol–water partition coefficient (Wildman–Crippen LogP) is 1.94. The van der Waals surface area contributed by atoms with Crippen molar-refractivity contribution in [2.45, 2.75) is 12.8 Å². The molecule has 0 bridgehead atoms. The summed E-state index contributed by atoms with van der Waals surface area (Å²) in [6.45, 7) is 1.29. The molecule has 1 N–H and O–H groups in total. The minimum Gasteiger partial charge on any atom is -0.481 e. The molecule has 5 nitrogen and oxygen atoms in total. The average molecular weight is 273 g/mol. The standard InChI is InChI=1S/C15H19N3O2/c1-17-12-13(11-16-17)7-9-18(10-8-15(19)20)14-5-3-2-4-6-14/h2-6,11-12H,7-10H2,1H3,(H,19,20). The van der Waals surface area contributed by atoms with Gasteiger partial charge in [0.05, 0.1) is 12.6 Å². The van der Waals surface area contributed by atoms with Crippen LogP contribution in [0.1, 0.15) is 12.0 Å². The summed E-state index contributed by atoms with van der Waals surface area (Å²) in [5.41, 5.74) is 2.21. The quantitative estimate of drug-likeness (QED) is 0.837. The van der Waals surface area contributed by atoms with Crippen LogP contribution in [0.3, 0.4) is 0 Å². The number of rotatable bonds is 7. The first-order chi connectivity index (χ1) is 9.65. The molecule has 0 atom stereocenters. The summed E-state index contributed by atoms with van der Waals surface area (Å²) in [5.74, 6) is -0.771. The van der Waals surface area contributed by atoms with Gasteiger partial charge in [0.15, 0.2) is 0 Å². The third-order valence-corrected chi connectivity index (χ3v) is 3.15. The lowest BCUT2D eigenvalue weighted by molar-refractivity contribution is -0.136. The first-order valence-electron chi connectivity index (χ1n) is 6.64. The van der Waals surface area contributed by atoms with Crippen LogP contribution in [0, 0.1) is 0 Å². The number of hydrogen-bond donors (Lipinski definition) is 1. The SMILES string of the molecule is Cn1cc(CCN(CCC(=O)O)c2ccccc2)cn1. The number of anilines is 1. The zero-order valence-electron chi connectivity index (χ0n) is 11.6. The summed E-state index contributed by atoms with van der Waals surface area (Å²) in [5, 5.41) is 13.0. The predicted molar refractivity (Wildman–Crippen MR) is 77.8 cm³/mol. The van der Waals surface area contributed by atoms with E-state index in [4.69, 9.17) is 5.11 Å². The smallest absolute Gasteiger partial charge is 0.305 e. The van der Waals surface area contributed by atoms with Gasteiger partial charge in [0.1, 0.15) is 0 Å². The molecular weight excluding hydrogens is 254 g/mol. The summed E-state index contributed by atoms with van der Waals surface area (Å²) >= 11 is 0. The first kappa shape index (κ1) is 14.1. The van der Waals surface area contributed by atoms with Crippen molar-refractivity contribution in [3.05, 3.63) is 48.3 Å². The molecule has 0 fully saturated rings. The van der Waals surface area contributed by atoms with Crippen LogP contribution in [-0.4, -0.2) is 33.9 Å². The molecule has 1 aromatic heterocycles. The lowest BCUT2D eigenvalue weighted by atomic mass is 10.2. The molecule has 0 aliphatic heterocycles. The molecule has 2 rings (SSSR count). The number of benzene rings is 1. The first-order valence-corrected chi connectivity index (χ1v) is 6.64. The van der Waals surface area contributed by atoms with Gasteiger partial charge >= 0.3 is 5.97 Å². The van der Waals surface area contributed by atoms with E-state index in [1.54, 1.807) is 4.68 Å². The molecule has 0 amide bonds. The van der Waals surface area contributed by atoms with E-state index in [1.807, 2.05) is 49.8 Å². The molecular formula is C15H19N3O2. The monoisotopic (exact) mass is 273 g/mol. The van der Waals surface area contributed by atoms with E-state index < -0.39 is 5.97 Å². The van der Waals surface area contributed by atoms with E-state index in [2.05, 4.69) is 10.00 Å². The Morgan fingerprint density at radius 3 is 2.65 bits per heavy atom. The zero-order chi connectivity index (χ0) is 14.4. The second-order valence-electron chi connectivity index (χ2n) is 4.74. The van der Waals surface area contributed by atoms with Crippen LogP contribution in [0.25, 0.3) is 0 Å². The molecule has 0 spiro atoms. The highest BCUT2D eigenvalue weighted by molar-refractivity contribution is 5.67.